The van der Waals surface area contributed by atoms with E-state index >= 15 is 0 Å². The molecule has 1 aliphatic rings. The number of hydrogen-bond donors (Lipinski definition) is 2. The molecule has 2 aromatic heterocycles. The number of ether oxygens (including phenoxy) is 1. The molecule has 0 aliphatic carbocycles. The Kier molecular flexibility index (Phi) is 6.68. The third-order valence-electron chi connectivity index (χ3n) is 5.12. The number of hydrogen-bond acceptors (Lipinski definition) is 8. The van der Waals surface area contributed by atoms with Gasteiger partial charge in [0, 0.05) is 45.1 Å². The Labute approximate surface area is 183 Å². The van der Waals surface area contributed by atoms with Gasteiger partial charge in [-0.1, -0.05) is 0 Å². The van der Waals surface area contributed by atoms with Gasteiger partial charge in [-0.15, -0.1) is 0 Å². The van der Waals surface area contributed by atoms with E-state index in [4.69, 9.17) is 17.0 Å². The number of carbonyl (C=O) groups is 2. The van der Waals surface area contributed by atoms with Crippen LogP contribution in [0.2, 0.25) is 0 Å². The fraction of sp³-hybridized carbons (Fsp3) is 0.474. The number of aromatic carboxylic acids is 1. The number of fused-ring (bicyclic) bond motifs is 1. The summed E-state index contributed by atoms with van der Waals surface area (Å²) in [5, 5.41) is 12.9. The second-order valence-electron chi connectivity index (χ2n) is 7.04. The predicted molar refractivity (Wildman–Crippen MR) is 117 cm³/mol. The molecule has 0 bridgehead atoms. The summed E-state index contributed by atoms with van der Waals surface area (Å²) >= 11 is 5.39. The Morgan fingerprint density at radius 3 is 2.58 bits per heavy atom. The molecular weight excluding hydrogens is 424 g/mol. The highest BCUT2D eigenvalue weighted by molar-refractivity contribution is 7.80. The molecule has 1 saturated heterocycles. The molecule has 166 valence electrons. The van der Waals surface area contributed by atoms with Crippen molar-refractivity contribution in [1.82, 2.24) is 24.8 Å². The molecule has 11 nitrogen and oxygen atoms in total. The van der Waals surface area contributed by atoms with Crippen LogP contribution in [0, 0.1) is 0 Å². The van der Waals surface area contributed by atoms with Crippen molar-refractivity contribution in [2.45, 2.75) is 26.4 Å². The van der Waals surface area contributed by atoms with Crippen LogP contribution in [0.1, 0.15) is 24.2 Å². The van der Waals surface area contributed by atoms with E-state index in [0.29, 0.717) is 49.4 Å². The number of anilines is 1. The number of piperazine rings is 1. The van der Waals surface area contributed by atoms with Crippen LogP contribution in [0.15, 0.2) is 17.2 Å². The average molecular weight is 449 g/mol. The lowest BCUT2D eigenvalue weighted by atomic mass is 10.2. The van der Waals surface area contributed by atoms with Gasteiger partial charge in [0.15, 0.2) is 5.11 Å². The maximum Gasteiger partial charge on any atom is 0.341 e. The van der Waals surface area contributed by atoms with Crippen molar-refractivity contribution in [2.24, 2.45) is 0 Å². The Hall–Kier alpha value is -3.28. The van der Waals surface area contributed by atoms with Gasteiger partial charge in [0.25, 0.3) is 0 Å². The second-order valence-corrected chi connectivity index (χ2v) is 7.43. The molecule has 12 heteroatoms. The number of carboxylic acids is 1. The summed E-state index contributed by atoms with van der Waals surface area (Å²) < 4.78 is 6.33. The highest BCUT2D eigenvalue weighted by atomic mass is 32.1. The van der Waals surface area contributed by atoms with Crippen LogP contribution in [0.25, 0.3) is 11.0 Å². The zero-order valence-electron chi connectivity index (χ0n) is 17.5. The number of pyridine rings is 1. The monoisotopic (exact) mass is 448 g/mol. The first kappa shape index (κ1) is 22.4. The molecule has 31 heavy (non-hydrogen) atoms. The highest BCUT2D eigenvalue weighted by Gasteiger charge is 2.24. The van der Waals surface area contributed by atoms with Crippen molar-refractivity contribution in [1.29, 1.82) is 0 Å². The number of methoxy groups -OCH3 is 1. The molecule has 1 aliphatic heterocycles. The summed E-state index contributed by atoms with van der Waals surface area (Å²) in [6.45, 7) is 6.35. The smallest absolute Gasteiger partial charge is 0.341 e. The molecule has 0 spiro atoms. The maximum absolute atomic E-state index is 12.5. The zero-order chi connectivity index (χ0) is 22.7. The number of thiocarbonyl (C=S) groups is 1. The van der Waals surface area contributed by atoms with E-state index in [-0.39, 0.29) is 10.9 Å². The largest absolute Gasteiger partial charge is 0.477 e. The van der Waals surface area contributed by atoms with Crippen molar-refractivity contribution in [3.05, 3.63) is 28.2 Å². The molecule has 2 aromatic rings. The first-order chi connectivity index (χ1) is 14.8. The third kappa shape index (κ3) is 4.58. The van der Waals surface area contributed by atoms with Crippen LogP contribution in [-0.2, 0) is 16.1 Å². The van der Waals surface area contributed by atoms with Gasteiger partial charge in [-0.3, -0.25) is 4.79 Å². The summed E-state index contributed by atoms with van der Waals surface area (Å²) in [6, 6.07) is -0.541. The topological polar surface area (TPSA) is 130 Å². The predicted octanol–water partition coefficient (Wildman–Crippen LogP) is 0.0676. The Balaban J connectivity index is 1.76. The zero-order valence-corrected chi connectivity index (χ0v) is 18.3. The van der Waals surface area contributed by atoms with Crippen LogP contribution >= 0.6 is 12.2 Å². The van der Waals surface area contributed by atoms with E-state index in [1.807, 2.05) is 16.7 Å². The van der Waals surface area contributed by atoms with Crippen LogP contribution in [-0.4, -0.2) is 80.9 Å². The van der Waals surface area contributed by atoms with Gasteiger partial charge in [-0.25, -0.2) is 14.6 Å². The lowest BCUT2D eigenvalue weighted by molar-refractivity contribution is -0.142. The summed E-state index contributed by atoms with van der Waals surface area (Å²) in [5.74, 6) is -1.21. The van der Waals surface area contributed by atoms with E-state index in [1.54, 1.807) is 11.5 Å². The molecule has 0 saturated carbocycles. The Morgan fingerprint density at radius 1 is 1.32 bits per heavy atom. The fourth-order valence-electron chi connectivity index (χ4n) is 3.33. The first-order valence-electron chi connectivity index (χ1n) is 9.78. The molecule has 0 radical (unpaired) electrons. The maximum atomic E-state index is 12.5. The van der Waals surface area contributed by atoms with E-state index < -0.39 is 23.4 Å². The molecule has 1 unspecified atom stereocenters. The number of esters is 1. The number of carboxylic acid groups (broad SMARTS) is 1. The fourth-order valence-corrected chi connectivity index (χ4v) is 3.69. The number of aryl methyl sites for hydroxylation is 1. The summed E-state index contributed by atoms with van der Waals surface area (Å²) in [5.41, 5.74) is -0.504. The van der Waals surface area contributed by atoms with Crippen molar-refractivity contribution in [3.8, 4) is 0 Å². The van der Waals surface area contributed by atoms with Gasteiger partial charge in [-0.05, 0) is 26.1 Å². The van der Waals surface area contributed by atoms with Crippen molar-refractivity contribution in [2.75, 3.05) is 38.2 Å². The SMILES string of the molecule is CCn1cc(C(=O)O)c(=O)c2cnc(N3CCN(C(=S)NC(C)C(=O)OC)CC3)nc21. The van der Waals surface area contributed by atoms with Crippen molar-refractivity contribution in [3.63, 3.8) is 0 Å². The molecule has 1 atom stereocenters. The van der Waals surface area contributed by atoms with E-state index in [2.05, 4.69) is 15.3 Å². The van der Waals surface area contributed by atoms with E-state index in [0.717, 1.165) is 0 Å². The number of rotatable bonds is 5. The van der Waals surface area contributed by atoms with Gasteiger partial charge >= 0.3 is 11.9 Å². The Bertz CT molecular complexity index is 1080. The number of aromatic nitrogens is 3. The summed E-state index contributed by atoms with van der Waals surface area (Å²) in [4.78, 5) is 48.1. The minimum atomic E-state index is -1.28. The lowest BCUT2D eigenvalue weighted by Gasteiger charge is -2.36. The number of nitrogens with one attached hydrogen (secondary N) is 1. The molecular formula is C19H24N6O5S. The number of nitrogens with zero attached hydrogens (tertiary/aromatic N) is 5. The van der Waals surface area contributed by atoms with Crippen LogP contribution in [0.4, 0.5) is 5.95 Å². The minimum absolute atomic E-state index is 0.173. The van der Waals surface area contributed by atoms with Gasteiger partial charge < -0.3 is 29.5 Å². The normalized spacial score (nSPS) is 14.9. The van der Waals surface area contributed by atoms with E-state index in [1.165, 1.54) is 19.5 Å². The molecule has 3 rings (SSSR count). The number of carbonyl (C=O) groups excluding carboxylic acids is 1. The molecule has 1 fully saturated rings. The molecule has 3 heterocycles. The van der Waals surface area contributed by atoms with Crippen LogP contribution in [0.5, 0.6) is 0 Å². The molecule has 0 amide bonds. The van der Waals surface area contributed by atoms with Gasteiger partial charge in [0.2, 0.25) is 11.4 Å². The van der Waals surface area contributed by atoms with Gasteiger partial charge in [-0.2, -0.15) is 4.98 Å². The molecule has 2 N–H and O–H groups in total. The Morgan fingerprint density at radius 2 is 2.00 bits per heavy atom. The average Bonchev–Trinajstić information content (AvgIpc) is 2.78. The third-order valence-corrected chi connectivity index (χ3v) is 5.49. The highest BCUT2D eigenvalue weighted by Crippen LogP contribution is 2.16. The van der Waals surface area contributed by atoms with Crippen LogP contribution in [0.3, 0.4) is 0 Å². The standard InChI is InChI=1S/C19H24N6O5S/c1-4-23-10-13(16(27)28)14(26)12-9-20-18(22-15(12)23)24-5-7-25(8-6-24)19(31)21-11(2)17(29)30-3/h9-11H,4-8H2,1-3H3,(H,21,31)(H,27,28). The summed E-state index contributed by atoms with van der Waals surface area (Å²) in [6.07, 6.45) is 2.70. The van der Waals surface area contributed by atoms with Crippen molar-refractivity contribution >= 4 is 46.3 Å². The minimum Gasteiger partial charge on any atom is -0.477 e. The second kappa shape index (κ2) is 9.25. The van der Waals surface area contributed by atoms with E-state index in [9.17, 15) is 19.5 Å². The molecule has 0 aromatic carbocycles. The first-order valence-corrected chi connectivity index (χ1v) is 10.2. The lowest BCUT2D eigenvalue weighted by Crippen LogP contribution is -2.54. The van der Waals surface area contributed by atoms with Gasteiger partial charge in [0.1, 0.15) is 17.3 Å². The quantitative estimate of drug-likeness (QED) is 0.476. The van der Waals surface area contributed by atoms with Crippen molar-refractivity contribution < 1.29 is 19.4 Å². The summed E-state index contributed by atoms with van der Waals surface area (Å²) in [7, 11) is 1.33. The van der Waals surface area contributed by atoms with Gasteiger partial charge in [0.05, 0.1) is 12.5 Å². The van der Waals surface area contributed by atoms with Crippen LogP contribution < -0.4 is 15.6 Å².